The van der Waals surface area contributed by atoms with Gasteiger partial charge >= 0.3 is 0 Å². The van der Waals surface area contributed by atoms with E-state index in [2.05, 4.69) is 4.98 Å². The van der Waals surface area contributed by atoms with Crippen LogP contribution in [0, 0.1) is 0 Å². The zero-order valence-electron chi connectivity index (χ0n) is 10.9. The Morgan fingerprint density at radius 3 is 2.39 bits per heavy atom. The topological polar surface area (TPSA) is 48.1 Å². The Kier molecular flexibility index (Phi) is 3.68. The van der Waals surface area contributed by atoms with Crippen molar-refractivity contribution >= 4 is 11.3 Å². The largest absolute Gasteiger partial charge is 0.488 e. The molecule has 0 amide bonds. The number of nitrogens with two attached hydrogens (primary N) is 1. The minimum absolute atomic E-state index is 0.172. The van der Waals surface area contributed by atoms with Gasteiger partial charge in [-0.05, 0) is 45.0 Å². The van der Waals surface area contributed by atoms with Crippen LogP contribution in [-0.4, -0.2) is 10.6 Å². The summed E-state index contributed by atoms with van der Waals surface area (Å²) in [5.41, 5.74) is 7.46. The molecular formula is C14H18N2OS. The van der Waals surface area contributed by atoms with Gasteiger partial charge in [-0.3, -0.25) is 0 Å². The summed E-state index contributed by atoms with van der Waals surface area (Å²) in [6, 6.07) is 8.00. The van der Waals surface area contributed by atoms with E-state index in [0.29, 0.717) is 6.54 Å². The van der Waals surface area contributed by atoms with E-state index >= 15 is 0 Å². The molecule has 2 aromatic rings. The van der Waals surface area contributed by atoms with Crippen LogP contribution >= 0.6 is 11.3 Å². The fourth-order valence-corrected chi connectivity index (χ4v) is 2.27. The van der Waals surface area contributed by atoms with E-state index in [9.17, 15) is 0 Å². The van der Waals surface area contributed by atoms with Gasteiger partial charge in [-0.1, -0.05) is 0 Å². The maximum absolute atomic E-state index is 5.78. The SMILES string of the molecule is CC(C)(C)Oc1ccc(-c2csc(CN)n2)cc1. The number of hydrogen-bond acceptors (Lipinski definition) is 4. The summed E-state index contributed by atoms with van der Waals surface area (Å²) in [4.78, 5) is 4.46. The van der Waals surface area contributed by atoms with Crippen LogP contribution in [0.15, 0.2) is 29.6 Å². The summed E-state index contributed by atoms with van der Waals surface area (Å²) in [5, 5.41) is 2.99. The molecule has 1 aromatic carbocycles. The van der Waals surface area contributed by atoms with Gasteiger partial charge in [0, 0.05) is 17.5 Å². The van der Waals surface area contributed by atoms with E-state index in [1.165, 1.54) is 0 Å². The second kappa shape index (κ2) is 5.08. The molecule has 0 atom stereocenters. The molecule has 0 saturated carbocycles. The second-order valence-electron chi connectivity index (χ2n) is 5.07. The molecule has 2 N–H and O–H groups in total. The van der Waals surface area contributed by atoms with Crippen molar-refractivity contribution < 1.29 is 4.74 Å². The Bertz CT molecular complexity index is 511. The first-order chi connectivity index (χ1) is 8.48. The average molecular weight is 262 g/mol. The van der Waals surface area contributed by atoms with E-state index in [4.69, 9.17) is 10.5 Å². The Morgan fingerprint density at radius 2 is 1.89 bits per heavy atom. The molecule has 0 radical (unpaired) electrons. The quantitative estimate of drug-likeness (QED) is 0.921. The molecule has 0 aliphatic heterocycles. The standard InChI is InChI=1S/C14H18N2OS/c1-14(2,3)17-11-6-4-10(5-7-11)12-9-18-13(8-15)16-12/h4-7,9H,8,15H2,1-3H3. The summed E-state index contributed by atoms with van der Waals surface area (Å²) in [6.45, 7) is 6.61. The average Bonchev–Trinajstić information content (AvgIpc) is 2.76. The molecule has 1 heterocycles. The zero-order chi connectivity index (χ0) is 13.2. The van der Waals surface area contributed by atoms with Crippen molar-refractivity contribution in [2.24, 2.45) is 5.73 Å². The van der Waals surface area contributed by atoms with E-state index in [1.54, 1.807) is 11.3 Å². The van der Waals surface area contributed by atoms with Gasteiger partial charge in [0.2, 0.25) is 0 Å². The number of hydrogen-bond donors (Lipinski definition) is 1. The second-order valence-corrected chi connectivity index (χ2v) is 6.01. The summed E-state index contributed by atoms with van der Waals surface area (Å²) in [6.07, 6.45) is 0. The molecule has 3 nitrogen and oxygen atoms in total. The highest BCUT2D eigenvalue weighted by molar-refractivity contribution is 7.09. The van der Waals surface area contributed by atoms with Gasteiger partial charge < -0.3 is 10.5 Å². The van der Waals surface area contributed by atoms with Crippen molar-refractivity contribution in [3.8, 4) is 17.0 Å². The Labute approximate surface area is 112 Å². The summed E-state index contributed by atoms with van der Waals surface area (Å²) < 4.78 is 5.78. The molecule has 1 aromatic heterocycles. The Hall–Kier alpha value is -1.39. The van der Waals surface area contributed by atoms with Gasteiger partial charge in [-0.2, -0.15) is 0 Å². The van der Waals surface area contributed by atoms with Crippen molar-refractivity contribution in [3.63, 3.8) is 0 Å². The minimum Gasteiger partial charge on any atom is -0.488 e. The molecular weight excluding hydrogens is 244 g/mol. The van der Waals surface area contributed by atoms with Crippen LogP contribution in [0.1, 0.15) is 25.8 Å². The lowest BCUT2D eigenvalue weighted by molar-refractivity contribution is 0.131. The van der Waals surface area contributed by atoms with Crippen LogP contribution in [0.5, 0.6) is 5.75 Å². The highest BCUT2D eigenvalue weighted by Crippen LogP contribution is 2.25. The molecule has 0 saturated heterocycles. The first kappa shape index (κ1) is 13.1. The fraction of sp³-hybridized carbons (Fsp3) is 0.357. The molecule has 0 spiro atoms. The first-order valence-electron chi connectivity index (χ1n) is 5.92. The predicted octanol–water partition coefficient (Wildman–Crippen LogP) is 3.45. The molecule has 0 aliphatic rings. The van der Waals surface area contributed by atoms with E-state index < -0.39 is 0 Å². The summed E-state index contributed by atoms with van der Waals surface area (Å²) >= 11 is 1.59. The number of thiazole rings is 1. The first-order valence-corrected chi connectivity index (χ1v) is 6.80. The molecule has 0 fully saturated rings. The van der Waals surface area contributed by atoms with Crippen LogP contribution < -0.4 is 10.5 Å². The third-order valence-electron chi connectivity index (χ3n) is 2.30. The highest BCUT2D eigenvalue weighted by Gasteiger charge is 2.11. The van der Waals surface area contributed by atoms with Crippen molar-refractivity contribution in [2.45, 2.75) is 32.9 Å². The number of nitrogens with zero attached hydrogens (tertiary/aromatic N) is 1. The van der Waals surface area contributed by atoms with Gasteiger partial charge in [-0.15, -0.1) is 11.3 Å². The highest BCUT2D eigenvalue weighted by atomic mass is 32.1. The molecule has 96 valence electrons. The number of aromatic nitrogens is 1. The Morgan fingerprint density at radius 1 is 1.22 bits per heavy atom. The molecule has 0 aliphatic carbocycles. The fourth-order valence-electron chi connectivity index (χ4n) is 1.58. The molecule has 18 heavy (non-hydrogen) atoms. The molecule has 2 rings (SSSR count). The molecule has 0 unspecified atom stereocenters. The van der Waals surface area contributed by atoms with Gasteiger partial charge in [0.15, 0.2) is 0 Å². The lowest BCUT2D eigenvalue weighted by atomic mass is 10.1. The maximum atomic E-state index is 5.78. The van der Waals surface area contributed by atoms with E-state index in [1.807, 2.05) is 50.4 Å². The van der Waals surface area contributed by atoms with Gasteiger partial charge in [0.1, 0.15) is 16.4 Å². The number of rotatable bonds is 3. The van der Waals surface area contributed by atoms with Crippen molar-refractivity contribution in [1.29, 1.82) is 0 Å². The van der Waals surface area contributed by atoms with Gasteiger partial charge in [0.05, 0.1) is 5.69 Å². The summed E-state index contributed by atoms with van der Waals surface area (Å²) in [5.74, 6) is 0.875. The van der Waals surface area contributed by atoms with Crippen molar-refractivity contribution in [1.82, 2.24) is 4.98 Å². The minimum atomic E-state index is -0.172. The number of ether oxygens (including phenoxy) is 1. The monoisotopic (exact) mass is 262 g/mol. The van der Waals surface area contributed by atoms with Crippen LogP contribution in [0.2, 0.25) is 0 Å². The van der Waals surface area contributed by atoms with Crippen molar-refractivity contribution in [2.75, 3.05) is 0 Å². The van der Waals surface area contributed by atoms with E-state index in [0.717, 1.165) is 22.0 Å². The Balaban J connectivity index is 2.17. The maximum Gasteiger partial charge on any atom is 0.120 e. The van der Waals surface area contributed by atoms with E-state index in [-0.39, 0.29) is 5.60 Å². The normalized spacial score (nSPS) is 11.6. The third kappa shape index (κ3) is 3.31. The molecule has 0 bridgehead atoms. The third-order valence-corrected chi connectivity index (χ3v) is 3.17. The lowest BCUT2D eigenvalue weighted by Gasteiger charge is -2.21. The van der Waals surface area contributed by atoms with Crippen LogP contribution in [0.25, 0.3) is 11.3 Å². The smallest absolute Gasteiger partial charge is 0.120 e. The van der Waals surface area contributed by atoms with Gasteiger partial charge in [0.25, 0.3) is 0 Å². The number of benzene rings is 1. The predicted molar refractivity (Wildman–Crippen MR) is 75.8 cm³/mol. The van der Waals surface area contributed by atoms with Gasteiger partial charge in [-0.25, -0.2) is 4.98 Å². The van der Waals surface area contributed by atoms with Crippen LogP contribution in [-0.2, 0) is 6.54 Å². The van der Waals surface area contributed by atoms with Crippen LogP contribution in [0.4, 0.5) is 0 Å². The van der Waals surface area contributed by atoms with Crippen molar-refractivity contribution in [3.05, 3.63) is 34.7 Å². The lowest BCUT2D eigenvalue weighted by Crippen LogP contribution is -2.22. The molecule has 4 heteroatoms. The zero-order valence-corrected chi connectivity index (χ0v) is 11.8. The summed E-state index contributed by atoms with van der Waals surface area (Å²) in [7, 11) is 0. The van der Waals surface area contributed by atoms with Crippen LogP contribution in [0.3, 0.4) is 0 Å².